The van der Waals surface area contributed by atoms with Crippen LogP contribution in [0.4, 0.5) is 0 Å². The van der Waals surface area contributed by atoms with E-state index in [2.05, 4.69) is 9.97 Å². The molecule has 0 fully saturated rings. The lowest BCUT2D eigenvalue weighted by Gasteiger charge is -1.95. The van der Waals surface area contributed by atoms with Crippen molar-refractivity contribution in [3.63, 3.8) is 0 Å². The molecule has 0 amide bonds. The summed E-state index contributed by atoms with van der Waals surface area (Å²) >= 11 is 0. The van der Waals surface area contributed by atoms with Crippen molar-refractivity contribution >= 4 is 10.9 Å². The van der Waals surface area contributed by atoms with Gasteiger partial charge in [0.15, 0.2) is 0 Å². The van der Waals surface area contributed by atoms with E-state index in [9.17, 15) is 4.79 Å². The molecule has 0 saturated heterocycles. The fraction of sp³-hybridized carbons (Fsp3) is 0.200. The van der Waals surface area contributed by atoms with Gasteiger partial charge in [-0.1, -0.05) is 19.1 Å². The second-order valence-corrected chi connectivity index (χ2v) is 2.75. The number of fused-ring (bicyclic) bond motifs is 1. The third-order valence-electron chi connectivity index (χ3n) is 1.80. The van der Waals surface area contributed by atoms with Gasteiger partial charge in [0, 0.05) is 0 Å². The van der Waals surface area contributed by atoms with Gasteiger partial charge in [0.25, 0.3) is 5.56 Å². The molecule has 0 bridgehead atoms. The summed E-state index contributed by atoms with van der Waals surface area (Å²) in [5.74, 6) is 0. The molecule has 1 N–H and O–H groups in total. The molecule has 0 unspecified atom stereocenters. The minimum atomic E-state index is -0.0799. The lowest BCUT2D eigenvalue weighted by Crippen LogP contribution is -2.05. The van der Waals surface area contributed by atoms with Gasteiger partial charge < -0.3 is 4.98 Å². The zero-order chi connectivity index (χ0) is 8.55. The van der Waals surface area contributed by atoms with Gasteiger partial charge in [-0.3, -0.25) is 4.79 Å². The number of H-pyrrole nitrogens is 1. The monoisotopic (exact) mass is 176 g/mol. The molecule has 13 heavy (non-hydrogen) atoms. The van der Waals surface area contributed by atoms with Crippen molar-refractivity contribution in [1.29, 1.82) is 0 Å². The maximum Gasteiger partial charge on any atom is 0.258 e. The molecule has 0 aliphatic rings. The van der Waals surface area contributed by atoms with Crippen molar-refractivity contribution in [3.8, 4) is 0 Å². The van der Waals surface area contributed by atoms with Gasteiger partial charge in [0.2, 0.25) is 0 Å². The van der Waals surface area contributed by atoms with E-state index < -0.39 is 0 Å². The Hall–Kier alpha value is -1.64. The summed E-state index contributed by atoms with van der Waals surface area (Å²) in [5.41, 5.74) is 1.73. The fourth-order valence-electron chi connectivity index (χ4n) is 1.18. The molecule has 68 valence electrons. The summed E-state index contributed by atoms with van der Waals surface area (Å²) in [6, 6.07) is 5.62. The van der Waals surface area contributed by atoms with Gasteiger partial charge >= 0.3 is 0 Å². The summed E-state index contributed by atoms with van der Waals surface area (Å²) in [6.07, 6.45) is 1.42. The minimum absolute atomic E-state index is 0. The van der Waals surface area contributed by atoms with Crippen LogP contribution >= 0.6 is 0 Å². The first-order valence-corrected chi connectivity index (χ1v) is 3.71. The zero-order valence-electron chi connectivity index (χ0n) is 6.66. The molecule has 0 aliphatic heterocycles. The van der Waals surface area contributed by atoms with E-state index in [1.165, 1.54) is 6.33 Å². The smallest absolute Gasteiger partial charge is 0.258 e. The third kappa shape index (κ3) is 1.59. The van der Waals surface area contributed by atoms with Gasteiger partial charge in [-0.2, -0.15) is 0 Å². The lowest BCUT2D eigenvalue weighted by molar-refractivity contribution is 1.17. The average molecular weight is 176 g/mol. The predicted octanol–water partition coefficient (Wildman–Crippen LogP) is 1.87. The van der Waals surface area contributed by atoms with E-state index in [0.29, 0.717) is 5.39 Å². The Kier molecular flexibility index (Phi) is 2.46. The van der Waals surface area contributed by atoms with Crippen LogP contribution in [0.3, 0.4) is 0 Å². The highest BCUT2D eigenvalue weighted by molar-refractivity contribution is 5.77. The molecule has 1 aromatic heterocycles. The second kappa shape index (κ2) is 3.39. The molecule has 2 rings (SSSR count). The first-order chi connectivity index (χ1) is 5.77. The van der Waals surface area contributed by atoms with E-state index in [1.54, 1.807) is 0 Å². The molecule has 2 aromatic rings. The number of benzene rings is 1. The Morgan fingerprint density at radius 3 is 2.92 bits per heavy atom. The Balaban J connectivity index is 0.000000845. The molecule has 1 heterocycles. The Bertz CT molecular complexity index is 474. The van der Waals surface area contributed by atoms with Crippen LogP contribution in [0.2, 0.25) is 0 Å². The highest BCUT2D eigenvalue weighted by Gasteiger charge is 1.97. The molecular formula is C10H12N2O. The average Bonchev–Trinajstić information content (AvgIpc) is 2.07. The number of hydrogen-bond acceptors (Lipinski definition) is 2. The number of nitrogens with one attached hydrogen (secondary N) is 1. The molecular weight excluding hydrogens is 164 g/mol. The first-order valence-electron chi connectivity index (χ1n) is 3.71. The quantitative estimate of drug-likeness (QED) is 0.666. The van der Waals surface area contributed by atoms with Crippen molar-refractivity contribution < 1.29 is 0 Å². The van der Waals surface area contributed by atoms with Crippen molar-refractivity contribution in [3.05, 3.63) is 40.4 Å². The van der Waals surface area contributed by atoms with Crippen LogP contribution in [-0.4, -0.2) is 9.97 Å². The summed E-state index contributed by atoms with van der Waals surface area (Å²) < 4.78 is 0. The zero-order valence-corrected chi connectivity index (χ0v) is 6.66. The van der Waals surface area contributed by atoms with E-state index in [1.807, 2.05) is 25.1 Å². The number of aromatic nitrogens is 2. The van der Waals surface area contributed by atoms with Gasteiger partial charge in [-0.25, -0.2) is 4.98 Å². The minimum Gasteiger partial charge on any atom is -0.313 e. The topological polar surface area (TPSA) is 45.8 Å². The highest BCUT2D eigenvalue weighted by Crippen LogP contribution is 2.07. The first kappa shape index (κ1) is 9.45. The van der Waals surface area contributed by atoms with Gasteiger partial charge in [0.05, 0.1) is 17.2 Å². The molecule has 0 spiro atoms. The van der Waals surface area contributed by atoms with Crippen molar-refractivity contribution in [2.24, 2.45) is 0 Å². The summed E-state index contributed by atoms with van der Waals surface area (Å²) in [5, 5.41) is 0.650. The van der Waals surface area contributed by atoms with Crippen LogP contribution in [-0.2, 0) is 0 Å². The second-order valence-electron chi connectivity index (χ2n) is 2.75. The predicted molar refractivity (Wildman–Crippen MR) is 53.8 cm³/mol. The summed E-state index contributed by atoms with van der Waals surface area (Å²) in [7, 11) is 0. The molecule has 0 saturated carbocycles. The largest absolute Gasteiger partial charge is 0.313 e. The number of aromatic amines is 1. The third-order valence-corrected chi connectivity index (χ3v) is 1.80. The van der Waals surface area contributed by atoms with Crippen LogP contribution in [0.15, 0.2) is 29.3 Å². The number of hydrogen-bond donors (Lipinski definition) is 1. The van der Waals surface area contributed by atoms with E-state index in [0.717, 1.165) is 11.1 Å². The maximum atomic E-state index is 11.2. The van der Waals surface area contributed by atoms with Gasteiger partial charge in [-0.15, -0.1) is 0 Å². The normalized spacial score (nSPS) is 9.62. The number of nitrogens with zero attached hydrogens (tertiary/aromatic N) is 1. The molecule has 3 heteroatoms. The number of aryl methyl sites for hydroxylation is 1. The SMILES string of the molecule is C.Cc1ccc2nc[nH]c(=O)c2c1. The van der Waals surface area contributed by atoms with E-state index in [-0.39, 0.29) is 13.0 Å². The Morgan fingerprint density at radius 1 is 1.38 bits per heavy atom. The molecule has 0 radical (unpaired) electrons. The van der Waals surface area contributed by atoms with Gasteiger partial charge in [-0.05, 0) is 19.1 Å². The van der Waals surface area contributed by atoms with Crippen molar-refractivity contribution in [2.45, 2.75) is 14.4 Å². The fourth-order valence-corrected chi connectivity index (χ4v) is 1.18. The van der Waals surface area contributed by atoms with Gasteiger partial charge in [0.1, 0.15) is 0 Å². The Morgan fingerprint density at radius 2 is 2.15 bits per heavy atom. The molecule has 0 aliphatic carbocycles. The van der Waals surface area contributed by atoms with Crippen LogP contribution in [0.5, 0.6) is 0 Å². The van der Waals surface area contributed by atoms with E-state index in [4.69, 9.17) is 0 Å². The molecule has 1 aromatic carbocycles. The maximum absolute atomic E-state index is 11.2. The standard InChI is InChI=1S/C9H8N2O.CH4/c1-6-2-3-8-7(4-6)9(12)11-5-10-8;/h2-5H,1H3,(H,10,11,12);1H4. The molecule has 3 nitrogen and oxygen atoms in total. The van der Waals surface area contributed by atoms with Crippen LogP contribution in [0.1, 0.15) is 13.0 Å². The lowest BCUT2D eigenvalue weighted by atomic mass is 10.2. The van der Waals surface area contributed by atoms with Crippen molar-refractivity contribution in [1.82, 2.24) is 9.97 Å². The Labute approximate surface area is 76.4 Å². The summed E-state index contributed by atoms with van der Waals surface area (Å²) in [6.45, 7) is 1.95. The molecule has 0 atom stereocenters. The van der Waals surface area contributed by atoms with Crippen molar-refractivity contribution in [2.75, 3.05) is 0 Å². The van der Waals surface area contributed by atoms with E-state index >= 15 is 0 Å². The van der Waals surface area contributed by atoms with Crippen LogP contribution in [0, 0.1) is 6.92 Å². The van der Waals surface area contributed by atoms with Crippen LogP contribution < -0.4 is 5.56 Å². The number of rotatable bonds is 0. The summed E-state index contributed by atoms with van der Waals surface area (Å²) in [4.78, 5) is 17.8. The highest BCUT2D eigenvalue weighted by atomic mass is 16.1. The van der Waals surface area contributed by atoms with Crippen LogP contribution in [0.25, 0.3) is 10.9 Å².